The molecule has 1 saturated heterocycles. The number of carbonyl (C=O) groups is 3. The van der Waals surface area contributed by atoms with Gasteiger partial charge in [0.05, 0.1) is 5.92 Å². The Bertz CT molecular complexity index is 882. The van der Waals surface area contributed by atoms with Crippen molar-refractivity contribution in [2.45, 2.75) is 19.8 Å². The highest BCUT2D eigenvalue weighted by atomic mass is 19.1. The third kappa shape index (κ3) is 4.54. The molecule has 28 heavy (non-hydrogen) atoms. The van der Waals surface area contributed by atoms with Gasteiger partial charge in [0, 0.05) is 24.3 Å². The number of nitrogens with zero attached hydrogens (tertiary/aromatic N) is 1. The zero-order valence-electron chi connectivity index (χ0n) is 15.5. The number of amides is 2. The van der Waals surface area contributed by atoms with Gasteiger partial charge in [-0.3, -0.25) is 14.4 Å². The molecular weight excluding hydrogens is 363 g/mol. The summed E-state index contributed by atoms with van der Waals surface area (Å²) < 4.78 is 18.1. The minimum atomic E-state index is -0.659. The second-order valence-corrected chi connectivity index (χ2v) is 6.55. The van der Waals surface area contributed by atoms with Gasteiger partial charge in [0.15, 0.2) is 6.61 Å². The monoisotopic (exact) mass is 384 g/mol. The van der Waals surface area contributed by atoms with E-state index in [1.54, 1.807) is 6.07 Å². The van der Waals surface area contributed by atoms with Crippen LogP contribution in [0.5, 0.6) is 0 Å². The maximum atomic E-state index is 13.0. The van der Waals surface area contributed by atoms with Gasteiger partial charge in [0.1, 0.15) is 5.82 Å². The molecule has 1 atom stereocenters. The lowest BCUT2D eigenvalue weighted by Gasteiger charge is -2.16. The molecule has 1 fully saturated rings. The highest BCUT2D eigenvalue weighted by Crippen LogP contribution is 2.26. The second kappa shape index (κ2) is 8.65. The van der Waals surface area contributed by atoms with Gasteiger partial charge in [-0.1, -0.05) is 25.1 Å². The Morgan fingerprint density at radius 3 is 2.61 bits per heavy atom. The van der Waals surface area contributed by atoms with Crippen LogP contribution in [0.1, 0.15) is 18.9 Å². The molecule has 1 aliphatic heterocycles. The van der Waals surface area contributed by atoms with E-state index in [1.165, 1.54) is 29.2 Å². The van der Waals surface area contributed by atoms with Gasteiger partial charge in [-0.05, 0) is 42.3 Å². The van der Waals surface area contributed by atoms with Crippen molar-refractivity contribution in [3.05, 3.63) is 59.9 Å². The Morgan fingerprint density at radius 2 is 1.89 bits per heavy atom. The van der Waals surface area contributed by atoms with Crippen LogP contribution in [-0.2, 0) is 25.5 Å². The SMILES string of the molecule is CCc1ccccc1NC(=O)COC(=O)[C@H]1CC(=O)N(c2ccc(F)cc2)C1. The topological polar surface area (TPSA) is 75.7 Å². The van der Waals surface area contributed by atoms with Crippen molar-refractivity contribution < 1.29 is 23.5 Å². The molecule has 0 radical (unpaired) electrons. The molecule has 146 valence electrons. The van der Waals surface area contributed by atoms with Crippen LogP contribution in [0.4, 0.5) is 15.8 Å². The number of carbonyl (C=O) groups excluding carboxylic acids is 3. The predicted molar refractivity (Wildman–Crippen MR) is 102 cm³/mol. The second-order valence-electron chi connectivity index (χ2n) is 6.55. The number of rotatable bonds is 6. The number of hydrogen-bond acceptors (Lipinski definition) is 4. The number of esters is 1. The average molecular weight is 384 g/mol. The standard InChI is InChI=1S/C21H21FN2O4/c1-2-14-5-3-4-6-18(14)23-19(25)13-28-21(27)15-11-20(26)24(12-15)17-9-7-16(22)8-10-17/h3-10,15H,2,11-13H2,1H3,(H,23,25)/t15-/m0/s1. The lowest BCUT2D eigenvalue weighted by Crippen LogP contribution is -2.28. The van der Waals surface area contributed by atoms with E-state index in [0.717, 1.165) is 12.0 Å². The summed E-state index contributed by atoms with van der Waals surface area (Å²) in [5.41, 5.74) is 2.19. The van der Waals surface area contributed by atoms with E-state index in [-0.39, 0.29) is 18.9 Å². The lowest BCUT2D eigenvalue weighted by molar-refractivity contribution is -0.151. The minimum Gasteiger partial charge on any atom is -0.455 e. The van der Waals surface area contributed by atoms with Crippen molar-refractivity contribution in [3.8, 4) is 0 Å². The van der Waals surface area contributed by atoms with Gasteiger partial charge in [-0.15, -0.1) is 0 Å². The van der Waals surface area contributed by atoms with Gasteiger partial charge < -0.3 is 15.0 Å². The number of anilines is 2. The highest BCUT2D eigenvalue weighted by Gasteiger charge is 2.36. The van der Waals surface area contributed by atoms with Crippen molar-refractivity contribution in [2.75, 3.05) is 23.4 Å². The first-order valence-corrected chi connectivity index (χ1v) is 9.08. The van der Waals surface area contributed by atoms with Crippen LogP contribution in [0.15, 0.2) is 48.5 Å². The normalized spacial score (nSPS) is 16.1. The Hall–Kier alpha value is -3.22. The summed E-state index contributed by atoms with van der Waals surface area (Å²) in [6.07, 6.45) is 0.760. The number of benzene rings is 2. The van der Waals surface area contributed by atoms with Crippen LogP contribution in [0, 0.1) is 11.7 Å². The van der Waals surface area contributed by atoms with Gasteiger partial charge in [-0.2, -0.15) is 0 Å². The quantitative estimate of drug-likeness (QED) is 0.777. The van der Waals surface area contributed by atoms with Crippen LogP contribution in [0.25, 0.3) is 0 Å². The molecule has 0 bridgehead atoms. The molecule has 3 rings (SSSR count). The number of aryl methyl sites for hydroxylation is 1. The molecule has 2 aromatic rings. The van der Waals surface area contributed by atoms with Gasteiger partial charge in [0.25, 0.3) is 5.91 Å². The Morgan fingerprint density at radius 1 is 1.18 bits per heavy atom. The molecule has 0 aliphatic carbocycles. The maximum absolute atomic E-state index is 13.0. The summed E-state index contributed by atoms with van der Waals surface area (Å²) in [4.78, 5) is 37.9. The number of ether oxygens (including phenoxy) is 1. The van der Waals surface area contributed by atoms with E-state index >= 15 is 0 Å². The zero-order valence-corrected chi connectivity index (χ0v) is 15.5. The molecule has 7 heteroatoms. The number of nitrogens with one attached hydrogen (secondary N) is 1. The fourth-order valence-corrected chi connectivity index (χ4v) is 3.13. The first-order valence-electron chi connectivity index (χ1n) is 9.08. The molecular formula is C21H21FN2O4. The van der Waals surface area contributed by atoms with E-state index in [0.29, 0.717) is 11.4 Å². The highest BCUT2D eigenvalue weighted by molar-refractivity contribution is 6.00. The van der Waals surface area contributed by atoms with Gasteiger partial charge >= 0.3 is 5.97 Å². The lowest BCUT2D eigenvalue weighted by atomic mass is 10.1. The van der Waals surface area contributed by atoms with Crippen LogP contribution in [0.3, 0.4) is 0 Å². The van der Waals surface area contributed by atoms with E-state index < -0.39 is 30.2 Å². The molecule has 1 aliphatic rings. The molecule has 0 aromatic heterocycles. The number of hydrogen-bond donors (Lipinski definition) is 1. The van der Waals surface area contributed by atoms with E-state index in [9.17, 15) is 18.8 Å². The summed E-state index contributed by atoms with van der Waals surface area (Å²) in [7, 11) is 0. The summed E-state index contributed by atoms with van der Waals surface area (Å²) in [6, 6.07) is 12.9. The smallest absolute Gasteiger partial charge is 0.311 e. The largest absolute Gasteiger partial charge is 0.455 e. The summed E-state index contributed by atoms with van der Waals surface area (Å²) in [5, 5.41) is 2.73. The number of halogens is 1. The van der Waals surface area contributed by atoms with Crippen molar-refractivity contribution in [3.63, 3.8) is 0 Å². The Balaban J connectivity index is 1.53. The molecule has 0 spiro atoms. The molecule has 2 aromatic carbocycles. The predicted octanol–water partition coefficient (Wildman–Crippen LogP) is 2.92. The third-order valence-electron chi connectivity index (χ3n) is 4.61. The van der Waals surface area contributed by atoms with E-state index in [1.807, 2.05) is 25.1 Å². The maximum Gasteiger partial charge on any atom is 0.311 e. The van der Waals surface area contributed by atoms with Gasteiger partial charge in [-0.25, -0.2) is 4.39 Å². The Labute approximate surface area is 162 Å². The first kappa shape index (κ1) is 19.5. The fourth-order valence-electron chi connectivity index (χ4n) is 3.13. The van der Waals surface area contributed by atoms with Crippen molar-refractivity contribution in [1.82, 2.24) is 0 Å². The van der Waals surface area contributed by atoms with Crippen LogP contribution in [0.2, 0.25) is 0 Å². The fraction of sp³-hybridized carbons (Fsp3) is 0.286. The van der Waals surface area contributed by atoms with Crippen molar-refractivity contribution in [2.24, 2.45) is 5.92 Å². The first-order chi connectivity index (χ1) is 13.5. The van der Waals surface area contributed by atoms with Crippen LogP contribution >= 0.6 is 0 Å². The summed E-state index contributed by atoms with van der Waals surface area (Å²) in [6.45, 7) is 1.71. The van der Waals surface area contributed by atoms with E-state index in [2.05, 4.69) is 5.32 Å². The third-order valence-corrected chi connectivity index (χ3v) is 4.61. The molecule has 6 nitrogen and oxygen atoms in total. The summed E-state index contributed by atoms with van der Waals surface area (Å²) >= 11 is 0. The van der Waals surface area contributed by atoms with Crippen molar-refractivity contribution in [1.29, 1.82) is 0 Å². The molecule has 0 unspecified atom stereocenters. The molecule has 2 amide bonds. The minimum absolute atomic E-state index is 0.00348. The van der Waals surface area contributed by atoms with Crippen LogP contribution in [-0.4, -0.2) is 30.9 Å². The molecule has 1 heterocycles. The molecule has 1 N–H and O–H groups in total. The average Bonchev–Trinajstić information content (AvgIpc) is 3.09. The number of para-hydroxylation sites is 1. The summed E-state index contributed by atoms with van der Waals surface area (Å²) in [5.74, 6) is -2.34. The molecule has 0 saturated carbocycles. The van der Waals surface area contributed by atoms with Crippen LogP contribution < -0.4 is 10.2 Å². The van der Waals surface area contributed by atoms with Crippen molar-refractivity contribution >= 4 is 29.2 Å². The zero-order chi connectivity index (χ0) is 20.1. The van der Waals surface area contributed by atoms with Gasteiger partial charge in [0.2, 0.25) is 5.91 Å². The van der Waals surface area contributed by atoms with E-state index in [4.69, 9.17) is 4.74 Å². The Kier molecular flexibility index (Phi) is 6.03.